The van der Waals surface area contributed by atoms with Crippen LogP contribution in [0, 0.1) is 12.7 Å². The molecule has 0 aliphatic rings. The quantitative estimate of drug-likeness (QED) is 0.922. The van der Waals surface area contributed by atoms with Crippen molar-refractivity contribution >= 4 is 11.7 Å². The van der Waals surface area contributed by atoms with E-state index in [2.05, 4.69) is 10.4 Å². The van der Waals surface area contributed by atoms with E-state index in [1.54, 1.807) is 29.9 Å². The van der Waals surface area contributed by atoms with Crippen molar-refractivity contribution in [1.29, 1.82) is 0 Å². The van der Waals surface area contributed by atoms with Gasteiger partial charge in [0.2, 0.25) is 0 Å². The molecule has 0 saturated carbocycles. The van der Waals surface area contributed by atoms with Crippen LogP contribution in [0.4, 0.5) is 10.2 Å². The van der Waals surface area contributed by atoms with Crippen LogP contribution in [0.3, 0.4) is 0 Å². The Morgan fingerprint density at radius 3 is 2.68 bits per heavy atom. The maximum Gasteiger partial charge on any atom is 0.259 e. The van der Waals surface area contributed by atoms with Crippen molar-refractivity contribution in [2.45, 2.75) is 26.8 Å². The van der Waals surface area contributed by atoms with Crippen LogP contribution in [0.2, 0.25) is 0 Å². The molecular weight excluding hydrogens is 245 g/mol. The van der Waals surface area contributed by atoms with Crippen LogP contribution in [-0.4, -0.2) is 15.7 Å². The molecule has 2 rings (SSSR count). The van der Waals surface area contributed by atoms with Crippen molar-refractivity contribution in [3.8, 4) is 0 Å². The van der Waals surface area contributed by atoms with Gasteiger partial charge in [-0.05, 0) is 38.5 Å². The number of nitrogens with one attached hydrogen (secondary N) is 1. The van der Waals surface area contributed by atoms with Gasteiger partial charge in [-0.15, -0.1) is 0 Å². The summed E-state index contributed by atoms with van der Waals surface area (Å²) in [6, 6.07) is 6.40. The minimum absolute atomic E-state index is 0.0182. The fourth-order valence-electron chi connectivity index (χ4n) is 1.68. The molecule has 19 heavy (non-hydrogen) atoms. The summed E-state index contributed by atoms with van der Waals surface area (Å²) in [6.07, 6.45) is 1.77. The predicted molar refractivity (Wildman–Crippen MR) is 71.7 cm³/mol. The van der Waals surface area contributed by atoms with Crippen LogP contribution in [0.5, 0.6) is 0 Å². The first-order valence-corrected chi connectivity index (χ1v) is 6.10. The highest BCUT2D eigenvalue weighted by molar-refractivity contribution is 6.03. The number of aromatic nitrogens is 2. The molecule has 0 aliphatic heterocycles. The first-order chi connectivity index (χ1) is 8.97. The standard InChI is InChI=1S/C14H16FN3O/c1-9(2)18-7-6-13(17-18)16-14(19)11-5-4-10(3)8-12(11)15/h4-9H,1-3H3,(H,16,17,19). The smallest absolute Gasteiger partial charge is 0.259 e. The van der Waals surface area contributed by atoms with Crippen molar-refractivity contribution in [3.63, 3.8) is 0 Å². The molecular formula is C14H16FN3O. The van der Waals surface area contributed by atoms with Crippen molar-refractivity contribution in [3.05, 3.63) is 47.4 Å². The lowest BCUT2D eigenvalue weighted by molar-refractivity contribution is 0.102. The summed E-state index contributed by atoms with van der Waals surface area (Å²) in [4.78, 5) is 11.9. The molecule has 5 heteroatoms. The number of hydrogen-bond acceptors (Lipinski definition) is 2. The lowest BCUT2D eigenvalue weighted by atomic mass is 10.1. The Morgan fingerprint density at radius 2 is 2.11 bits per heavy atom. The van der Waals surface area contributed by atoms with Gasteiger partial charge in [0.05, 0.1) is 5.56 Å². The average Bonchev–Trinajstić information content (AvgIpc) is 2.77. The third kappa shape index (κ3) is 2.99. The van der Waals surface area contributed by atoms with Gasteiger partial charge in [0, 0.05) is 18.3 Å². The fraction of sp³-hybridized carbons (Fsp3) is 0.286. The maximum atomic E-state index is 13.7. The van der Waals surface area contributed by atoms with Gasteiger partial charge in [-0.1, -0.05) is 6.07 Å². The van der Waals surface area contributed by atoms with Crippen LogP contribution in [0.15, 0.2) is 30.5 Å². The van der Waals surface area contributed by atoms with E-state index in [9.17, 15) is 9.18 Å². The lowest BCUT2D eigenvalue weighted by Crippen LogP contribution is -2.14. The molecule has 100 valence electrons. The molecule has 1 aromatic heterocycles. The topological polar surface area (TPSA) is 46.9 Å². The lowest BCUT2D eigenvalue weighted by Gasteiger charge is -2.05. The summed E-state index contributed by atoms with van der Waals surface area (Å²) >= 11 is 0. The first-order valence-electron chi connectivity index (χ1n) is 6.10. The zero-order valence-corrected chi connectivity index (χ0v) is 11.1. The SMILES string of the molecule is Cc1ccc(C(=O)Nc2ccn(C(C)C)n2)c(F)c1. The summed E-state index contributed by atoms with van der Waals surface area (Å²) < 4.78 is 15.4. The fourth-order valence-corrected chi connectivity index (χ4v) is 1.68. The van der Waals surface area contributed by atoms with E-state index in [-0.39, 0.29) is 11.6 Å². The highest BCUT2D eigenvalue weighted by Gasteiger charge is 2.13. The summed E-state index contributed by atoms with van der Waals surface area (Å²) in [5, 5.41) is 6.77. The van der Waals surface area contributed by atoms with Gasteiger partial charge in [0.1, 0.15) is 5.82 Å². The molecule has 2 aromatic rings. The Hall–Kier alpha value is -2.17. The van der Waals surface area contributed by atoms with Crippen molar-refractivity contribution in [2.24, 2.45) is 0 Å². The molecule has 1 amide bonds. The number of halogens is 1. The van der Waals surface area contributed by atoms with Crippen LogP contribution < -0.4 is 5.32 Å². The summed E-state index contributed by atoms with van der Waals surface area (Å²) in [7, 11) is 0. The molecule has 0 bridgehead atoms. The number of amides is 1. The average molecular weight is 261 g/mol. The second-order valence-corrected chi connectivity index (χ2v) is 4.71. The van der Waals surface area contributed by atoms with E-state index < -0.39 is 11.7 Å². The predicted octanol–water partition coefficient (Wildman–Crippen LogP) is 3.16. The van der Waals surface area contributed by atoms with Gasteiger partial charge in [0.15, 0.2) is 5.82 Å². The number of carbonyl (C=O) groups is 1. The molecule has 0 spiro atoms. The number of rotatable bonds is 3. The summed E-state index contributed by atoms with van der Waals surface area (Å²) in [5.41, 5.74) is 0.794. The van der Waals surface area contributed by atoms with Gasteiger partial charge in [-0.3, -0.25) is 9.48 Å². The van der Waals surface area contributed by atoms with E-state index in [1.165, 1.54) is 12.1 Å². The van der Waals surface area contributed by atoms with Crippen LogP contribution in [-0.2, 0) is 0 Å². The molecule has 1 heterocycles. The molecule has 1 aromatic carbocycles. The number of hydrogen-bond donors (Lipinski definition) is 1. The molecule has 1 N–H and O–H groups in total. The number of nitrogens with zero attached hydrogens (tertiary/aromatic N) is 2. The highest BCUT2D eigenvalue weighted by atomic mass is 19.1. The Bertz CT molecular complexity index is 604. The van der Waals surface area contributed by atoms with Crippen molar-refractivity contribution in [1.82, 2.24) is 9.78 Å². The van der Waals surface area contributed by atoms with Gasteiger partial charge in [-0.2, -0.15) is 5.10 Å². The Morgan fingerprint density at radius 1 is 1.37 bits per heavy atom. The Kier molecular flexibility index (Phi) is 3.64. The van der Waals surface area contributed by atoms with Gasteiger partial charge >= 0.3 is 0 Å². The maximum absolute atomic E-state index is 13.7. The molecule has 0 fully saturated rings. The molecule has 4 nitrogen and oxygen atoms in total. The first kappa shape index (κ1) is 13.3. The molecule has 0 saturated heterocycles. The minimum Gasteiger partial charge on any atom is -0.305 e. The third-order valence-corrected chi connectivity index (χ3v) is 2.75. The summed E-state index contributed by atoms with van der Waals surface area (Å²) in [6.45, 7) is 5.74. The summed E-state index contributed by atoms with van der Waals surface area (Å²) in [5.74, 6) is -0.606. The highest BCUT2D eigenvalue weighted by Crippen LogP contribution is 2.13. The molecule has 0 unspecified atom stereocenters. The molecule has 0 atom stereocenters. The monoisotopic (exact) mass is 261 g/mol. The minimum atomic E-state index is -0.527. The van der Waals surface area contributed by atoms with Gasteiger partial charge in [0.25, 0.3) is 5.91 Å². The number of carbonyl (C=O) groups excluding carboxylic acids is 1. The second-order valence-electron chi connectivity index (χ2n) is 4.71. The molecule has 0 aliphatic carbocycles. The Balaban J connectivity index is 2.16. The van der Waals surface area contributed by atoms with E-state index in [1.807, 2.05) is 13.8 Å². The number of benzene rings is 1. The van der Waals surface area contributed by atoms with E-state index in [4.69, 9.17) is 0 Å². The van der Waals surface area contributed by atoms with Crippen molar-refractivity contribution < 1.29 is 9.18 Å². The van der Waals surface area contributed by atoms with Crippen LogP contribution in [0.1, 0.15) is 35.8 Å². The Labute approximate surface area is 111 Å². The third-order valence-electron chi connectivity index (χ3n) is 2.75. The van der Waals surface area contributed by atoms with Crippen LogP contribution >= 0.6 is 0 Å². The zero-order chi connectivity index (χ0) is 14.0. The van der Waals surface area contributed by atoms with E-state index in [0.29, 0.717) is 5.82 Å². The van der Waals surface area contributed by atoms with Crippen molar-refractivity contribution in [2.75, 3.05) is 5.32 Å². The second kappa shape index (κ2) is 5.22. The largest absolute Gasteiger partial charge is 0.305 e. The molecule has 0 radical (unpaired) electrons. The van der Waals surface area contributed by atoms with Gasteiger partial charge in [-0.25, -0.2) is 4.39 Å². The normalized spacial score (nSPS) is 10.8. The van der Waals surface area contributed by atoms with E-state index >= 15 is 0 Å². The van der Waals surface area contributed by atoms with E-state index in [0.717, 1.165) is 5.56 Å². The number of anilines is 1. The van der Waals surface area contributed by atoms with Crippen LogP contribution in [0.25, 0.3) is 0 Å². The number of aryl methyl sites for hydroxylation is 1. The zero-order valence-electron chi connectivity index (χ0n) is 11.1. The van der Waals surface area contributed by atoms with Gasteiger partial charge < -0.3 is 5.32 Å².